The van der Waals surface area contributed by atoms with E-state index in [1.807, 2.05) is 42.5 Å². The Morgan fingerprint density at radius 2 is 1.89 bits per heavy atom. The summed E-state index contributed by atoms with van der Waals surface area (Å²) in [7, 11) is 1.64. The number of aromatic nitrogens is 1. The summed E-state index contributed by atoms with van der Waals surface area (Å²) < 4.78 is 5.33. The van der Waals surface area contributed by atoms with Crippen LogP contribution in [-0.4, -0.2) is 24.5 Å². The van der Waals surface area contributed by atoms with E-state index in [9.17, 15) is 4.79 Å². The van der Waals surface area contributed by atoms with Gasteiger partial charge >= 0.3 is 0 Å². The van der Waals surface area contributed by atoms with Crippen LogP contribution in [0.1, 0.15) is 16.1 Å². The van der Waals surface area contributed by atoms with E-state index in [1.165, 1.54) is 0 Å². The van der Waals surface area contributed by atoms with Gasteiger partial charge in [0.25, 0.3) is 5.91 Å². The van der Waals surface area contributed by atoms with Crippen LogP contribution in [0.5, 0.6) is 5.75 Å². The zero-order chi connectivity index (χ0) is 19.1. The van der Waals surface area contributed by atoms with Crippen molar-refractivity contribution in [2.75, 3.05) is 19.0 Å². The average Bonchev–Trinajstić information content (AvgIpc) is 2.68. The molecule has 1 aromatic heterocycles. The second kappa shape index (κ2) is 9.05. The molecule has 5 nitrogen and oxygen atoms in total. The molecule has 0 aliphatic heterocycles. The van der Waals surface area contributed by atoms with Crippen LogP contribution >= 0.6 is 11.6 Å². The number of amides is 1. The van der Waals surface area contributed by atoms with Crippen molar-refractivity contribution < 1.29 is 9.53 Å². The quantitative estimate of drug-likeness (QED) is 0.634. The van der Waals surface area contributed by atoms with E-state index in [0.717, 1.165) is 22.7 Å². The molecule has 0 radical (unpaired) electrons. The molecule has 0 aliphatic carbocycles. The average molecular weight is 382 g/mol. The minimum Gasteiger partial charge on any atom is -0.496 e. The Kier molecular flexibility index (Phi) is 6.28. The molecule has 0 saturated carbocycles. The van der Waals surface area contributed by atoms with Crippen LogP contribution in [0.25, 0.3) is 0 Å². The third kappa shape index (κ3) is 5.21. The second-order valence-electron chi connectivity index (χ2n) is 5.88. The van der Waals surface area contributed by atoms with E-state index in [4.69, 9.17) is 16.3 Å². The van der Waals surface area contributed by atoms with Crippen molar-refractivity contribution in [1.29, 1.82) is 0 Å². The maximum atomic E-state index is 12.4. The summed E-state index contributed by atoms with van der Waals surface area (Å²) in [6.07, 6.45) is 2.28. The van der Waals surface area contributed by atoms with E-state index >= 15 is 0 Å². The first kappa shape index (κ1) is 18.7. The number of methoxy groups -OCH3 is 1. The summed E-state index contributed by atoms with van der Waals surface area (Å²) in [5.41, 5.74) is 3.00. The third-order valence-corrected chi connectivity index (χ3v) is 4.21. The van der Waals surface area contributed by atoms with Crippen LogP contribution in [-0.2, 0) is 6.42 Å². The Labute approximate surface area is 163 Å². The highest BCUT2D eigenvalue weighted by molar-refractivity contribution is 6.30. The lowest BCUT2D eigenvalue weighted by Crippen LogP contribution is -2.26. The first-order chi connectivity index (χ1) is 13.2. The molecular weight excluding hydrogens is 362 g/mol. The minimum atomic E-state index is -0.223. The first-order valence-corrected chi connectivity index (χ1v) is 8.92. The van der Waals surface area contributed by atoms with E-state index < -0.39 is 0 Å². The molecule has 2 N–H and O–H groups in total. The number of halogens is 1. The smallest absolute Gasteiger partial charge is 0.269 e. The van der Waals surface area contributed by atoms with E-state index in [2.05, 4.69) is 15.6 Å². The topological polar surface area (TPSA) is 63.2 Å². The Morgan fingerprint density at radius 1 is 1.07 bits per heavy atom. The number of hydrogen-bond acceptors (Lipinski definition) is 4. The van der Waals surface area contributed by atoms with Crippen molar-refractivity contribution in [3.63, 3.8) is 0 Å². The van der Waals surface area contributed by atoms with Crippen molar-refractivity contribution in [3.8, 4) is 5.75 Å². The number of ether oxygens (including phenoxy) is 1. The van der Waals surface area contributed by atoms with Crippen molar-refractivity contribution in [1.82, 2.24) is 10.3 Å². The summed E-state index contributed by atoms with van der Waals surface area (Å²) in [4.78, 5) is 16.5. The molecule has 1 heterocycles. The molecule has 0 fully saturated rings. The lowest BCUT2D eigenvalue weighted by atomic mass is 10.1. The Hall–Kier alpha value is -3.05. The normalized spacial score (nSPS) is 10.3. The Bertz CT molecular complexity index is 931. The number of nitrogens with zero attached hydrogens (tertiary/aromatic N) is 1. The molecule has 0 aliphatic rings. The van der Waals surface area contributed by atoms with Gasteiger partial charge in [-0.05, 0) is 48.4 Å². The van der Waals surface area contributed by atoms with Gasteiger partial charge in [0.05, 0.1) is 7.11 Å². The van der Waals surface area contributed by atoms with E-state index in [-0.39, 0.29) is 5.91 Å². The van der Waals surface area contributed by atoms with Gasteiger partial charge in [0.15, 0.2) is 0 Å². The van der Waals surface area contributed by atoms with Crippen molar-refractivity contribution in [2.45, 2.75) is 6.42 Å². The fraction of sp³-hybridized carbons (Fsp3) is 0.143. The molecule has 0 atom stereocenters. The molecule has 0 bridgehead atoms. The molecular formula is C21H20ClN3O2. The largest absolute Gasteiger partial charge is 0.496 e. The van der Waals surface area contributed by atoms with Crippen molar-refractivity contribution in [3.05, 3.63) is 83.1 Å². The number of hydrogen-bond donors (Lipinski definition) is 2. The number of benzene rings is 2. The molecule has 0 spiro atoms. The zero-order valence-corrected chi connectivity index (χ0v) is 15.7. The number of carbonyl (C=O) groups is 1. The van der Waals surface area contributed by atoms with Gasteiger partial charge in [-0.15, -0.1) is 0 Å². The summed E-state index contributed by atoms with van der Waals surface area (Å²) >= 11 is 6.00. The molecule has 3 rings (SSSR count). The molecule has 6 heteroatoms. The monoisotopic (exact) mass is 381 g/mol. The number of anilines is 2. The zero-order valence-electron chi connectivity index (χ0n) is 14.9. The molecule has 0 unspecified atom stereocenters. The van der Waals surface area contributed by atoms with Gasteiger partial charge in [-0.25, -0.2) is 0 Å². The molecule has 2 aromatic carbocycles. The lowest BCUT2D eigenvalue weighted by Gasteiger charge is -2.10. The van der Waals surface area contributed by atoms with Crippen LogP contribution in [0.4, 0.5) is 11.4 Å². The van der Waals surface area contributed by atoms with Crippen molar-refractivity contribution >= 4 is 28.9 Å². The standard InChI is InChI=1S/C21H20ClN3O2/c1-27-20-8-3-2-5-15(20)9-11-24-21(26)19-14-18(10-12-23-19)25-17-7-4-6-16(22)13-17/h2-8,10,12-14H,9,11H2,1H3,(H,23,25)(H,24,26). The third-order valence-electron chi connectivity index (χ3n) is 3.98. The maximum Gasteiger partial charge on any atom is 0.269 e. The fourth-order valence-electron chi connectivity index (χ4n) is 2.68. The summed E-state index contributed by atoms with van der Waals surface area (Å²) in [5.74, 6) is 0.595. The van der Waals surface area contributed by atoms with Gasteiger partial charge in [0.2, 0.25) is 0 Å². The number of nitrogens with one attached hydrogen (secondary N) is 2. The van der Waals surface area contributed by atoms with Gasteiger partial charge in [-0.1, -0.05) is 35.9 Å². The Morgan fingerprint density at radius 3 is 2.70 bits per heavy atom. The highest BCUT2D eigenvalue weighted by Gasteiger charge is 2.09. The number of para-hydroxylation sites is 1. The van der Waals surface area contributed by atoms with Gasteiger partial charge in [0, 0.05) is 29.1 Å². The van der Waals surface area contributed by atoms with Crippen LogP contribution in [0.2, 0.25) is 5.02 Å². The fourth-order valence-corrected chi connectivity index (χ4v) is 2.87. The van der Waals surface area contributed by atoms with Crippen molar-refractivity contribution in [2.24, 2.45) is 0 Å². The number of rotatable bonds is 7. The SMILES string of the molecule is COc1ccccc1CCNC(=O)c1cc(Nc2cccc(Cl)c2)ccn1. The predicted molar refractivity (Wildman–Crippen MR) is 108 cm³/mol. The minimum absolute atomic E-state index is 0.223. The number of pyridine rings is 1. The molecule has 138 valence electrons. The van der Waals surface area contributed by atoms with Crippen LogP contribution in [0, 0.1) is 0 Å². The summed E-state index contributed by atoms with van der Waals surface area (Å²) in [6, 6.07) is 18.6. The van der Waals surface area contributed by atoms with E-state index in [1.54, 1.807) is 31.5 Å². The van der Waals surface area contributed by atoms with Gasteiger partial charge in [-0.2, -0.15) is 0 Å². The summed E-state index contributed by atoms with van der Waals surface area (Å²) in [6.45, 7) is 0.493. The first-order valence-electron chi connectivity index (χ1n) is 8.54. The second-order valence-corrected chi connectivity index (χ2v) is 6.32. The van der Waals surface area contributed by atoms with Crippen LogP contribution in [0.15, 0.2) is 66.9 Å². The molecule has 0 saturated heterocycles. The van der Waals surface area contributed by atoms with E-state index in [0.29, 0.717) is 23.7 Å². The highest BCUT2D eigenvalue weighted by Crippen LogP contribution is 2.20. The molecule has 27 heavy (non-hydrogen) atoms. The predicted octanol–water partition coefficient (Wildman–Crippen LogP) is 4.46. The lowest BCUT2D eigenvalue weighted by molar-refractivity contribution is 0.0949. The van der Waals surface area contributed by atoms with Crippen LogP contribution < -0.4 is 15.4 Å². The summed E-state index contributed by atoms with van der Waals surface area (Å²) in [5, 5.41) is 6.75. The van der Waals surface area contributed by atoms with Gasteiger partial charge in [-0.3, -0.25) is 9.78 Å². The van der Waals surface area contributed by atoms with Crippen LogP contribution in [0.3, 0.4) is 0 Å². The maximum absolute atomic E-state index is 12.4. The molecule has 1 amide bonds. The van der Waals surface area contributed by atoms with Gasteiger partial charge < -0.3 is 15.4 Å². The number of carbonyl (C=O) groups excluding carboxylic acids is 1. The Balaban J connectivity index is 1.60. The highest BCUT2D eigenvalue weighted by atomic mass is 35.5. The van der Waals surface area contributed by atoms with Gasteiger partial charge in [0.1, 0.15) is 11.4 Å². The molecule has 3 aromatic rings.